The zero-order chi connectivity index (χ0) is 15.1. The van der Waals surface area contributed by atoms with E-state index < -0.39 is 23.5 Å². The van der Waals surface area contributed by atoms with Gasteiger partial charge in [0, 0.05) is 6.07 Å². The molecule has 1 aromatic heterocycles. The van der Waals surface area contributed by atoms with E-state index in [1.54, 1.807) is 6.92 Å². The zero-order valence-corrected chi connectivity index (χ0v) is 11.5. The highest BCUT2D eigenvalue weighted by Crippen LogP contribution is 2.06. The quantitative estimate of drug-likeness (QED) is 0.500. The molecule has 0 bridgehead atoms. The number of carboxylic acid groups (broad SMARTS) is 1. The molecule has 9 heteroatoms. The number of hydrogen-bond donors (Lipinski definition) is 2. The third-order valence-corrected chi connectivity index (χ3v) is 3.31. The predicted octanol–water partition coefficient (Wildman–Crippen LogP) is -0.288. The average Bonchev–Trinajstić information content (AvgIpc) is 2.71. The van der Waals surface area contributed by atoms with E-state index in [2.05, 4.69) is 5.32 Å². The second kappa shape index (κ2) is 7.53. The van der Waals surface area contributed by atoms with Crippen LogP contribution in [0.2, 0.25) is 0 Å². The van der Waals surface area contributed by atoms with Crippen LogP contribution in [-0.4, -0.2) is 45.7 Å². The van der Waals surface area contributed by atoms with Crippen molar-refractivity contribution in [2.45, 2.75) is 19.4 Å². The first-order valence-electron chi connectivity index (χ1n) is 5.69. The van der Waals surface area contributed by atoms with Gasteiger partial charge in [-0.25, -0.2) is 4.79 Å². The summed E-state index contributed by atoms with van der Waals surface area (Å²) < 4.78 is 5.59. The van der Waals surface area contributed by atoms with Crippen LogP contribution in [0.5, 0.6) is 0 Å². The Bertz CT molecular complexity index is 549. The van der Waals surface area contributed by atoms with Gasteiger partial charge in [0.05, 0.1) is 5.75 Å². The number of aromatic nitrogens is 1. The second-order valence-corrected chi connectivity index (χ2v) is 4.99. The van der Waals surface area contributed by atoms with E-state index in [4.69, 9.17) is 9.63 Å². The van der Waals surface area contributed by atoms with E-state index in [0.717, 1.165) is 11.8 Å². The SMILES string of the molecule is Cc1cc(=O)n(C(=O)CSCCC(NC=O)C(=O)O)o1. The lowest BCUT2D eigenvalue weighted by Gasteiger charge is -2.09. The number of nitrogens with zero attached hydrogens (tertiary/aromatic N) is 1. The molecule has 0 aromatic carbocycles. The third-order valence-electron chi connectivity index (χ3n) is 2.33. The first kappa shape index (κ1) is 16.0. The summed E-state index contributed by atoms with van der Waals surface area (Å²) in [5.74, 6) is -0.974. The number of hydrogen-bond acceptors (Lipinski definition) is 6. The van der Waals surface area contributed by atoms with Crippen LogP contribution in [0.4, 0.5) is 0 Å². The fraction of sp³-hybridized carbons (Fsp3) is 0.455. The largest absolute Gasteiger partial charge is 0.480 e. The molecule has 0 saturated heterocycles. The molecular formula is C11H14N2O6S. The highest BCUT2D eigenvalue weighted by molar-refractivity contribution is 7.99. The first-order chi connectivity index (χ1) is 9.45. The number of aryl methyl sites for hydroxylation is 1. The summed E-state index contributed by atoms with van der Waals surface area (Å²) in [7, 11) is 0. The summed E-state index contributed by atoms with van der Waals surface area (Å²) in [6, 6.07) is 0.223. The van der Waals surface area contributed by atoms with Gasteiger partial charge in [-0.3, -0.25) is 14.4 Å². The number of carbonyl (C=O) groups excluding carboxylic acids is 2. The number of carboxylic acids is 1. The van der Waals surface area contributed by atoms with Crippen LogP contribution in [0.15, 0.2) is 15.4 Å². The number of aliphatic carboxylic acids is 1. The fourth-order valence-electron chi connectivity index (χ4n) is 1.40. The molecule has 1 heterocycles. The molecular weight excluding hydrogens is 288 g/mol. The Balaban J connectivity index is 2.39. The minimum absolute atomic E-state index is 0.0136. The molecule has 0 fully saturated rings. The zero-order valence-electron chi connectivity index (χ0n) is 10.7. The van der Waals surface area contributed by atoms with E-state index in [0.29, 0.717) is 22.7 Å². The van der Waals surface area contributed by atoms with Gasteiger partial charge in [-0.15, -0.1) is 4.74 Å². The highest BCUT2D eigenvalue weighted by atomic mass is 32.2. The van der Waals surface area contributed by atoms with Crippen molar-refractivity contribution >= 4 is 30.0 Å². The van der Waals surface area contributed by atoms with E-state index in [9.17, 15) is 19.2 Å². The number of amides is 1. The van der Waals surface area contributed by atoms with Crippen LogP contribution >= 0.6 is 11.8 Å². The average molecular weight is 302 g/mol. The van der Waals surface area contributed by atoms with Gasteiger partial charge >= 0.3 is 5.97 Å². The van der Waals surface area contributed by atoms with Gasteiger partial charge in [0.15, 0.2) is 0 Å². The van der Waals surface area contributed by atoms with Gasteiger partial charge in [-0.2, -0.15) is 11.8 Å². The Kier molecular flexibility index (Phi) is 6.04. The van der Waals surface area contributed by atoms with Crippen molar-refractivity contribution in [2.24, 2.45) is 0 Å². The Hall–Kier alpha value is -2.03. The Morgan fingerprint density at radius 1 is 1.60 bits per heavy atom. The maximum atomic E-state index is 11.6. The Labute approximate surface area is 118 Å². The molecule has 8 nitrogen and oxygen atoms in total. The lowest BCUT2D eigenvalue weighted by Crippen LogP contribution is -2.36. The van der Waals surface area contributed by atoms with Gasteiger partial charge in [-0.1, -0.05) is 0 Å². The molecule has 0 radical (unpaired) electrons. The molecule has 1 aromatic rings. The molecule has 1 atom stereocenters. The second-order valence-electron chi connectivity index (χ2n) is 3.89. The van der Waals surface area contributed by atoms with Gasteiger partial charge < -0.3 is 14.9 Å². The molecule has 0 saturated carbocycles. The maximum Gasteiger partial charge on any atom is 0.326 e. The van der Waals surface area contributed by atoms with Crippen molar-refractivity contribution in [3.05, 3.63) is 22.2 Å². The predicted molar refractivity (Wildman–Crippen MR) is 70.9 cm³/mol. The maximum absolute atomic E-state index is 11.6. The molecule has 110 valence electrons. The van der Waals surface area contributed by atoms with E-state index >= 15 is 0 Å². The molecule has 2 N–H and O–H groups in total. The van der Waals surface area contributed by atoms with Crippen molar-refractivity contribution in [2.75, 3.05) is 11.5 Å². The molecule has 0 aliphatic rings. The van der Waals surface area contributed by atoms with Crippen molar-refractivity contribution in [1.82, 2.24) is 10.1 Å². The summed E-state index contributed by atoms with van der Waals surface area (Å²) in [5.41, 5.74) is -0.529. The summed E-state index contributed by atoms with van der Waals surface area (Å²) in [6.07, 6.45) is 0.498. The smallest absolute Gasteiger partial charge is 0.326 e. The molecule has 1 amide bonds. The van der Waals surface area contributed by atoms with Crippen LogP contribution in [0, 0.1) is 6.92 Å². The fourth-order valence-corrected chi connectivity index (χ4v) is 2.24. The van der Waals surface area contributed by atoms with Crippen LogP contribution < -0.4 is 10.9 Å². The van der Waals surface area contributed by atoms with E-state index in [-0.39, 0.29) is 12.2 Å². The number of carbonyl (C=O) groups is 3. The van der Waals surface area contributed by atoms with Gasteiger partial charge in [0.1, 0.15) is 11.8 Å². The van der Waals surface area contributed by atoms with Crippen LogP contribution in [0.3, 0.4) is 0 Å². The van der Waals surface area contributed by atoms with Crippen molar-refractivity contribution in [1.29, 1.82) is 0 Å². The van der Waals surface area contributed by atoms with Crippen molar-refractivity contribution in [3.8, 4) is 0 Å². The molecule has 0 aliphatic carbocycles. The van der Waals surface area contributed by atoms with E-state index in [1.807, 2.05) is 0 Å². The Morgan fingerprint density at radius 2 is 2.30 bits per heavy atom. The van der Waals surface area contributed by atoms with Crippen LogP contribution in [-0.2, 0) is 9.59 Å². The number of thioether (sulfide) groups is 1. The summed E-state index contributed by atoms with van der Waals surface area (Å²) in [5, 5.41) is 10.9. The van der Waals surface area contributed by atoms with Gasteiger partial charge in [-0.05, 0) is 19.1 Å². The van der Waals surface area contributed by atoms with Crippen LogP contribution in [0.25, 0.3) is 0 Å². The molecule has 20 heavy (non-hydrogen) atoms. The first-order valence-corrected chi connectivity index (χ1v) is 6.84. The van der Waals surface area contributed by atoms with Crippen molar-refractivity contribution < 1.29 is 24.0 Å². The molecule has 1 rings (SSSR count). The molecule has 1 unspecified atom stereocenters. The topological polar surface area (TPSA) is 119 Å². The lowest BCUT2D eigenvalue weighted by atomic mass is 10.2. The lowest BCUT2D eigenvalue weighted by molar-refractivity contribution is -0.140. The minimum atomic E-state index is -1.14. The van der Waals surface area contributed by atoms with Crippen molar-refractivity contribution in [3.63, 3.8) is 0 Å². The van der Waals surface area contributed by atoms with E-state index in [1.165, 1.54) is 6.07 Å². The minimum Gasteiger partial charge on any atom is -0.480 e. The normalized spacial score (nSPS) is 11.8. The Morgan fingerprint density at radius 3 is 2.80 bits per heavy atom. The summed E-state index contributed by atoms with van der Waals surface area (Å²) in [6.45, 7) is 1.56. The highest BCUT2D eigenvalue weighted by Gasteiger charge is 2.16. The van der Waals surface area contributed by atoms with Gasteiger partial charge in [0.2, 0.25) is 6.41 Å². The molecule has 0 aliphatic heterocycles. The van der Waals surface area contributed by atoms with Gasteiger partial charge in [0.25, 0.3) is 11.5 Å². The standard InChI is InChI=1S/C11H14N2O6S/c1-7-4-9(15)13(19-7)10(16)5-20-3-2-8(11(17)18)12-6-14/h4,6,8H,2-3,5H2,1H3,(H,12,14)(H,17,18). The summed E-state index contributed by atoms with van der Waals surface area (Å²) >= 11 is 1.16. The number of rotatable bonds is 8. The number of nitrogens with one attached hydrogen (secondary N) is 1. The summed E-state index contributed by atoms with van der Waals surface area (Å²) in [4.78, 5) is 43.9. The monoisotopic (exact) mass is 302 g/mol. The third kappa shape index (κ3) is 4.57. The molecule has 0 spiro atoms. The van der Waals surface area contributed by atoms with Crippen LogP contribution in [0.1, 0.15) is 17.0 Å².